The summed E-state index contributed by atoms with van der Waals surface area (Å²) in [6.07, 6.45) is 1.74. The summed E-state index contributed by atoms with van der Waals surface area (Å²) in [5.74, 6) is 0.712. The van der Waals surface area contributed by atoms with E-state index < -0.39 is 0 Å². The van der Waals surface area contributed by atoms with Crippen LogP contribution in [0.1, 0.15) is 24.0 Å². The monoisotopic (exact) mass is 179 g/mol. The number of hydrogen-bond donors (Lipinski definition) is 1. The number of aryl methyl sites for hydroxylation is 2. The normalized spacial score (nSPS) is 9.77. The average molecular weight is 179 g/mol. The van der Waals surface area contributed by atoms with Crippen molar-refractivity contribution in [2.75, 3.05) is 0 Å². The van der Waals surface area contributed by atoms with E-state index in [0.29, 0.717) is 6.54 Å². The van der Waals surface area contributed by atoms with Gasteiger partial charge in [-0.05, 0) is 13.8 Å². The quantitative estimate of drug-likeness (QED) is 0.728. The lowest BCUT2D eigenvalue weighted by atomic mass is 10.2. The van der Waals surface area contributed by atoms with Crippen molar-refractivity contribution in [3.05, 3.63) is 23.3 Å². The van der Waals surface area contributed by atoms with Crippen LogP contribution in [0.3, 0.4) is 0 Å². The van der Waals surface area contributed by atoms with E-state index in [-0.39, 0.29) is 5.91 Å². The molecule has 0 radical (unpaired) electrons. The lowest BCUT2D eigenvalue weighted by Crippen LogP contribution is -2.20. The fourth-order valence-electron chi connectivity index (χ4n) is 1.00. The largest absolute Gasteiger partial charge is 0.352 e. The van der Waals surface area contributed by atoms with Gasteiger partial charge in [-0.3, -0.25) is 4.79 Å². The van der Waals surface area contributed by atoms with Crippen LogP contribution >= 0.6 is 0 Å². The van der Waals surface area contributed by atoms with Gasteiger partial charge in [0.15, 0.2) is 0 Å². The molecule has 0 aromatic carbocycles. The minimum atomic E-state index is -0.0417. The van der Waals surface area contributed by atoms with E-state index in [0.717, 1.165) is 17.1 Å². The minimum absolute atomic E-state index is 0.0417. The number of carbonyl (C=O) groups is 1. The zero-order valence-corrected chi connectivity index (χ0v) is 8.09. The SMILES string of the molecule is CC(=O)NCc1cnc(C)nc1C. The van der Waals surface area contributed by atoms with Crippen molar-refractivity contribution in [3.8, 4) is 0 Å². The maximum absolute atomic E-state index is 10.6. The smallest absolute Gasteiger partial charge is 0.217 e. The molecule has 0 saturated carbocycles. The Hall–Kier alpha value is -1.45. The molecule has 0 aliphatic rings. The van der Waals surface area contributed by atoms with Crippen LogP contribution in [0.2, 0.25) is 0 Å². The van der Waals surface area contributed by atoms with Gasteiger partial charge in [0.25, 0.3) is 0 Å². The Balaban J connectivity index is 2.72. The van der Waals surface area contributed by atoms with Crippen molar-refractivity contribution in [1.82, 2.24) is 15.3 Å². The highest BCUT2D eigenvalue weighted by molar-refractivity contribution is 5.72. The molecule has 1 heterocycles. The van der Waals surface area contributed by atoms with E-state index >= 15 is 0 Å². The zero-order chi connectivity index (χ0) is 9.84. The van der Waals surface area contributed by atoms with Crippen LogP contribution in [0.4, 0.5) is 0 Å². The molecule has 0 fully saturated rings. The molecule has 4 heteroatoms. The van der Waals surface area contributed by atoms with E-state index in [1.54, 1.807) is 6.20 Å². The van der Waals surface area contributed by atoms with Crippen LogP contribution in [-0.4, -0.2) is 15.9 Å². The summed E-state index contributed by atoms with van der Waals surface area (Å²) >= 11 is 0. The number of rotatable bonds is 2. The predicted octanol–water partition coefficient (Wildman–Crippen LogP) is 0.730. The van der Waals surface area contributed by atoms with Gasteiger partial charge in [-0.25, -0.2) is 9.97 Å². The Morgan fingerprint density at radius 2 is 2.23 bits per heavy atom. The summed E-state index contributed by atoms with van der Waals surface area (Å²) in [6.45, 7) is 5.74. The molecule has 0 aliphatic carbocycles. The number of nitrogens with zero attached hydrogens (tertiary/aromatic N) is 2. The number of aromatic nitrogens is 2. The number of amides is 1. The molecule has 70 valence electrons. The van der Waals surface area contributed by atoms with Crippen LogP contribution in [0.15, 0.2) is 6.20 Å². The highest BCUT2D eigenvalue weighted by Gasteiger charge is 2.00. The van der Waals surface area contributed by atoms with Crippen LogP contribution in [0, 0.1) is 13.8 Å². The molecule has 0 aliphatic heterocycles. The Morgan fingerprint density at radius 1 is 1.54 bits per heavy atom. The molecule has 1 aromatic heterocycles. The third-order valence-corrected chi connectivity index (χ3v) is 1.73. The zero-order valence-electron chi connectivity index (χ0n) is 8.09. The average Bonchev–Trinajstić information content (AvgIpc) is 2.02. The van der Waals surface area contributed by atoms with Crippen LogP contribution in [0.5, 0.6) is 0 Å². The molecule has 1 amide bonds. The van der Waals surface area contributed by atoms with Crippen LogP contribution in [0.25, 0.3) is 0 Å². The van der Waals surface area contributed by atoms with Crippen LogP contribution < -0.4 is 5.32 Å². The summed E-state index contributed by atoms with van der Waals surface area (Å²) in [5, 5.41) is 2.70. The first kappa shape index (κ1) is 9.64. The minimum Gasteiger partial charge on any atom is -0.352 e. The molecule has 13 heavy (non-hydrogen) atoms. The molecule has 0 atom stereocenters. The van der Waals surface area contributed by atoms with Gasteiger partial charge in [-0.2, -0.15) is 0 Å². The van der Waals surface area contributed by atoms with E-state index in [9.17, 15) is 4.79 Å². The molecule has 1 aromatic rings. The first-order chi connectivity index (χ1) is 6.09. The Bertz CT molecular complexity index is 323. The molecule has 0 saturated heterocycles. The highest BCUT2D eigenvalue weighted by atomic mass is 16.1. The van der Waals surface area contributed by atoms with Gasteiger partial charge < -0.3 is 5.32 Å². The summed E-state index contributed by atoms with van der Waals surface area (Å²) in [4.78, 5) is 18.9. The molecule has 0 bridgehead atoms. The van der Waals surface area contributed by atoms with Crippen molar-refractivity contribution in [2.24, 2.45) is 0 Å². The molecule has 4 nitrogen and oxygen atoms in total. The van der Waals surface area contributed by atoms with Gasteiger partial charge >= 0.3 is 0 Å². The van der Waals surface area contributed by atoms with Crippen molar-refractivity contribution in [1.29, 1.82) is 0 Å². The van der Waals surface area contributed by atoms with Gasteiger partial charge in [-0.1, -0.05) is 0 Å². The van der Waals surface area contributed by atoms with Crippen molar-refractivity contribution in [3.63, 3.8) is 0 Å². The third kappa shape index (κ3) is 2.82. The van der Waals surface area contributed by atoms with Gasteiger partial charge in [-0.15, -0.1) is 0 Å². The summed E-state index contributed by atoms with van der Waals surface area (Å²) in [7, 11) is 0. The fraction of sp³-hybridized carbons (Fsp3) is 0.444. The van der Waals surface area contributed by atoms with E-state index in [4.69, 9.17) is 0 Å². The molecular formula is C9H13N3O. The number of carbonyl (C=O) groups excluding carboxylic acids is 1. The topological polar surface area (TPSA) is 54.9 Å². The van der Waals surface area contributed by atoms with E-state index in [2.05, 4.69) is 15.3 Å². The van der Waals surface area contributed by atoms with E-state index in [1.807, 2.05) is 13.8 Å². The lowest BCUT2D eigenvalue weighted by Gasteiger charge is -2.05. The first-order valence-corrected chi connectivity index (χ1v) is 4.13. The lowest BCUT2D eigenvalue weighted by molar-refractivity contribution is -0.119. The van der Waals surface area contributed by atoms with Gasteiger partial charge in [0.1, 0.15) is 5.82 Å². The van der Waals surface area contributed by atoms with Crippen molar-refractivity contribution >= 4 is 5.91 Å². The van der Waals surface area contributed by atoms with Crippen LogP contribution in [-0.2, 0) is 11.3 Å². The Morgan fingerprint density at radius 3 is 2.77 bits per heavy atom. The second-order valence-corrected chi connectivity index (χ2v) is 2.94. The highest BCUT2D eigenvalue weighted by Crippen LogP contribution is 2.02. The van der Waals surface area contributed by atoms with Crippen molar-refractivity contribution < 1.29 is 4.79 Å². The van der Waals surface area contributed by atoms with Gasteiger partial charge in [0, 0.05) is 30.9 Å². The predicted molar refractivity (Wildman–Crippen MR) is 49.0 cm³/mol. The van der Waals surface area contributed by atoms with Gasteiger partial charge in [0.2, 0.25) is 5.91 Å². The van der Waals surface area contributed by atoms with Gasteiger partial charge in [0.05, 0.1) is 0 Å². The summed E-state index contributed by atoms with van der Waals surface area (Å²) in [5.41, 5.74) is 1.88. The first-order valence-electron chi connectivity index (χ1n) is 4.13. The fourth-order valence-corrected chi connectivity index (χ4v) is 1.00. The number of hydrogen-bond acceptors (Lipinski definition) is 3. The van der Waals surface area contributed by atoms with E-state index in [1.165, 1.54) is 6.92 Å². The molecule has 1 N–H and O–H groups in total. The Labute approximate surface area is 77.4 Å². The second-order valence-electron chi connectivity index (χ2n) is 2.94. The Kier molecular flexibility index (Phi) is 2.95. The maximum atomic E-state index is 10.6. The molecule has 1 rings (SSSR count). The summed E-state index contributed by atoms with van der Waals surface area (Å²) < 4.78 is 0. The maximum Gasteiger partial charge on any atom is 0.217 e. The third-order valence-electron chi connectivity index (χ3n) is 1.73. The second kappa shape index (κ2) is 3.98. The number of nitrogens with one attached hydrogen (secondary N) is 1. The molecular weight excluding hydrogens is 166 g/mol. The van der Waals surface area contributed by atoms with Crippen molar-refractivity contribution in [2.45, 2.75) is 27.3 Å². The molecule has 0 spiro atoms. The standard InChI is InChI=1S/C9H13N3O/c1-6-9(5-11-8(3)13)4-10-7(2)12-6/h4H,5H2,1-3H3,(H,11,13). The molecule has 0 unspecified atom stereocenters. The summed E-state index contributed by atoms with van der Waals surface area (Å²) in [6, 6.07) is 0.